The summed E-state index contributed by atoms with van der Waals surface area (Å²) < 4.78 is 13.6. The molecule has 0 spiro atoms. The summed E-state index contributed by atoms with van der Waals surface area (Å²) >= 11 is 12.4. The van der Waals surface area contributed by atoms with Gasteiger partial charge in [-0.2, -0.15) is 0 Å². The molecule has 1 heterocycles. The maximum Gasteiger partial charge on any atom is 0.256 e. The van der Waals surface area contributed by atoms with E-state index in [4.69, 9.17) is 23.2 Å². The summed E-state index contributed by atoms with van der Waals surface area (Å²) in [6.45, 7) is 1.73. The van der Waals surface area contributed by atoms with Crippen molar-refractivity contribution in [3.8, 4) is 0 Å². The summed E-state index contributed by atoms with van der Waals surface area (Å²) in [6, 6.07) is 15.5. The molecule has 0 saturated heterocycles. The molecule has 1 aliphatic rings. The zero-order valence-corrected chi connectivity index (χ0v) is 17.5. The van der Waals surface area contributed by atoms with Gasteiger partial charge in [0.25, 0.3) is 5.91 Å². The number of amides is 2. The first-order chi connectivity index (χ1) is 14.3. The van der Waals surface area contributed by atoms with Crippen LogP contribution in [0.2, 0.25) is 10.0 Å². The first-order valence-corrected chi connectivity index (χ1v) is 10.0. The van der Waals surface area contributed by atoms with Crippen LogP contribution in [0.1, 0.15) is 33.1 Å². The summed E-state index contributed by atoms with van der Waals surface area (Å²) in [5.41, 5.74) is 3.17. The minimum atomic E-state index is -0.623. The number of halogens is 3. The second-order valence-electron chi connectivity index (χ2n) is 7.15. The number of anilines is 1. The number of fused-ring (bicyclic) bond motifs is 1. The molecule has 0 fully saturated rings. The molecule has 0 radical (unpaired) electrons. The van der Waals surface area contributed by atoms with E-state index >= 15 is 0 Å². The van der Waals surface area contributed by atoms with E-state index < -0.39 is 11.9 Å². The summed E-state index contributed by atoms with van der Waals surface area (Å²) in [6.07, 6.45) is 0. The Bertz CT molecular complexity index is 1150. The minimum absolute atomic E-state index is 0.195. The van der Waals surface area contributed by atoms with Gasteiger partial charge in [-0.05, 0) is 48.9 Å². The normalized spacial score (nSPS) is 15.9. The fourth-order valence-corrected chi connectivity index (χ4v) is 4.01. The fraction of sp³-hybridized carbons (Fsp3) is 0.130. The van der Waals surface area contributed by atoms with Crippen LogP contribution >= 0.6 is 23.2 Å². The van der Waals surface area contributed by atoms with Crippen molar-refractivity contribution in [3.05, 3.63) is 98.8 Å². The highest BCUT2D eigenvalue weighted by Gasteiger charge is 2.34. The van der Waals surface area contributed by atoms with Crippen LogP contribution in [0.25, 0.3) is 0 Å². The van der Waals surface area contributed by atoms with Crippen molar-refractivity contribution in [2.45, 2.75) is 13.0 Å². The van der Waals surface area contributed by atoms with Gasteiger partial charge < -0.3 is 10.2 Å². The molecule has 7 heteroatoms. The molecule has 4 rings (SSSR count). The topological polar surface area (TPSA) is 49.4 Å². The highest BCUT2D eigenvalue weighted by Crippen LogP contribution is 2.38. The molecule has 1 unspecified atom stereocenters. The molecular weight excluding hydrogens is 426 g/mol. The third kappa shape index (κ3) is 3.91. The van der Waals surface area contributed by atoms with Gasteiger partial charge in [0.15, 0.2) is 0 Å². The zero-order chi connectivity index (χ0) is 21.4. The Balaban J connectivity index is 1.92. The van der Waals surface area contributed by atoms with Crippen LogP contribution in [0.3, 0.4) is 0 Å². The van der Waals surface area contributed by atoms with Gasteiger partial charge in [-0.1, -0.05) is 53.0 Å². The summed E-state index contributed by atoms with van der Waals surface area (Å²) in [5, 5.41) is 3.45. The highest BCUT2D eigenvalue weighted by molar-refractivity contribution is 6.35. The smallest absolute Gasteiger partial charge is 0.256 e. The van der Waals surface area contributed by atoms with Crippen molar-refractivity contribution < 1.29 is 14.0 Å². The van der Waals surface area contributed by atoms with Gasteiger partial charge in [-0.15, -0.1) is 0 Å². The number of rotatable bonds is 2. The van der Waals surface area contributed by atoms with Crippen LogP contribution in [0, 0.1) is 12.7 Å². The van der Waals surface area contributed by atoms with Crippen LogP contribution in [0.5, 0.6) is 0 Å². The number of carbonyl (C=O) groups excluding carboxylic acids is 2. The van der Waals surface area contributed by atoms with Gasteiger partial charge in [0.1, 0.15) is 12.4 Å². The lowest BCUT2D eigenvalue weighted by molar-refractivity contribution is -0.117. The Hall–Kier alpha value is -2.89. The number of nitrogens with one attached hydrogen (secondary N) is 1. The number of aryl methyl sites for hydroxylation is 1. The Kier molecular flexibility index (Phi) is 5.50. The third-order valence-electron chi connectivity index (χ3n) is 5.01. The second kappa shape index (κ2) is 8.09. The van der Waals surface area contributed by atoms with E-state index in [0.29, 0.717) is 16.3 Å². The molecule has 3 aromatic carbocycles. The van der Waals surface area contributed by atoms with Gasteiger partial charge in [0, 0.05) is 16.3 Å². The number of carbonyl (C=O) groups is 2. The van der Waals surface area contributed by atoms with Crippen molar-refractivity contribution >= 4 is 40.7 Å². The molecule has 1 N–H and O–H groups in total. The van der Waals surface area contributed by atoms with Crippen LogP contribution in [0.4, 0.5) is 10.1 Å². The summed E-state index contributed by atoms with van der Waals surface area (Å²) in [5.74, 6) is -1.17. The first-order valence-electron chi connectivity index (χ1n) is 9.25. The maximum absolute atomic E-state index is 13.6. The number of hydrogen-bond donors (Lipinski definition) is 1. The quantitative estimate of drug-likeness (QED) is 0.559. The molecular formula is C23H17Cl2FN2O2. The number of nitrogens with zero attached hydrogens (tertiary/aromatic N) is 1. The van der Waals surface area contributed by atoms with Gasteiger partial charge in [-0.25, -0.2) is 4.39 Å². The largest absolute Gasteiger partial charge is 0.324 e. The minimum Gasteiger partial charge on any atom is -0.324 e. The fourth-order valence-electron chi connectivity index (χ4n) is 3.64. The molecule has 1 aliphatic heterocycles. The predicted molar refractivity (Wildman–Crippen MR) is 116 cm³/mol. The van der Waals surface area contributed by atoms with Gasteiger partial charge in [0.05, 0.1) is 16.6 Å². The standard InChI is InChI=1S/C23H17Cl2FN2O2/c1-13-2-9-20-18(10-13)22(14-3-6-16(26)7-4-14)28(12-21(29)27-20)23(30)17-11-15(24)5-8-19(17)25/h2-11,22H,12H2,1H3,(H,27,29). The first kappa shape index (κ1) is 20.4. The average molecular weight is 443 g/mol. The van der Waals surface area contributed by atoms with Crippen molar-refractivity contribution in [1.29, 1.82) is 0 Å². The van der Waals surface area contributed by atoms with E-state index in [9.17, 15) is 14.0 Å². The molecule has 3 aromatic rings. The van der Waals surface area contributed by atoms with Crippen LogP contribution in [-0.4, -0.2) is 23.3 Å². The molecule has 152 valence electrons. The Morgan fingerprint density at radius 1 is 1.07 bits per heavy atom. The predicted octanol–water partition coefficient (Wildman–Crippen LogP) is 5.62. The summed E-state index contributed by atoms with van der Waals surface area (Å²) in [7, 11) is 0. The molecule has 4 nitrogen and oxygen atoms in total. The third-order valence-corrected chi connectivity index (χ3v) is 5.57. The van der Waals surface area contributed by atoms with Crippen LogP contribution < -0.4 is 5.32 Å². The van der Waals surface area contributed by atoms with Gasteiger partial charge in [-0.3, -0.25) is 9.59 Å². The van der Waals surface area contributed by atoms with Crippen molar-refractivity contribution in [3.63, 3.8) is 0 Å². The van der Waals surface area contributed by atoms with E-state index in [0.717, 1.165) is 11.1 Å². The van der Waals surface area contributed by atoms with E-state index in [1.165, 1.54) is 23.1 Å². The molecule has 2 amide bonds. The molecule has 1 atom stereocenters. The van der Waals surface area contributed by atoms with E-state index in [1.807, 2.05) is 19.1 Å². The SMILES string of the molecule is Cc1ccc2c(c1)C(c1ccc(F)cc1)N(C(=O)c1cc(Cl)ccc1Cl)CC(=O)N2. The van der Waals surface area contributed by atoms with E-state index in [-0.39, 0.29) is 28.9 Å². The number of benzene rings is 3. The summed E-state index contributed by atoms with van der Waals surface area (Å²) in [4.78, 5) is 27.6. The van der Waals surface area contributed by atoms with Crippen molar-refractivity contribution in [2.24, 2.45) is 0 Å². The maximum atomic E-state index is 13.6. The Morgan fingerprint density at radius 3 is 2.53 bits per heavy atom. The molecule has 0 aromatic heterocycles. The molecule has 0 bridgehead atoms. The lowest BCUT2D eigenvalue weighted by Gasteiger charge is -2.31. The van der Waals surface area contributed by atoms with Crippen molar-refractivity contribution in [2.75, 3.05) is 11.9 Å². The van der Waals surface area contributed by atoms with E-state index in [1.54, 1.807) is 30.3 Å². The van der Waals surface area contributed by atoms with E-state index in [2.05, 4.69) is 5.32 Å². The average Bonchev–Trinajstić information content (AvgIpc) is 2.85. The van der Waals surface area contributed by atoms with Gasteiger partial charge >= 0.3 is 0 Å². The molecule has 0 aliphatic carbocycles. The molecule has 30 heavy (non-hydrogen) atoms. The van der Waals surface area contributed by atoms with Crippen LogP contribution in [-0.2, 0) is 4.79 Å². The Morgan fingerprint density at radius 2 is 1.80 bits per heavy atom. The zero-order valence-electron chi connectivity index (χ0n) is 16.0. The lowest BCUT2D eigenvalue weighted by Crippen LogP contribution is -2.39. The molecule has 0 saturated carbocycles. The Labute approximate surface area is 183 Å². The van der Waals surface area contributed by atoms with Crippen molar-refractivity contribution in [1.82, 2.24) is 4.90 Å². The van der Waals surface area contributed by atoms with Gasteiger partial charge in [0.2, 0.25) is 5.91 Å². The lowest BCUT2D eigenvalue weighted by atomic mass is 9.94. The highest BCUT2D eigenvalue weighted by atomic mass is 35.5. The second-order valence-corrected chi connectivity index (χ2v) is 7.99. The van der Waals surface area contributed by atoms with Crippen LogP contribution in [0.15, 0.2) is 60.7 Å². The number of hydrogen-bond acceptors (Lipinski definition) is 2. The monoisotopic (exact) mass is 442 g/mol.